The number of halogens is 2. The highest BCUT2D eigenvalue weighted by Crippen LogP contribution is 2.24. The standard InChI is InChI=1S/C13H19F2N3O/c1-13(2,3)18-10(19)6-7-17-12-9(16)5-4-8(14)11(12)15/h4-5,17H,6-7,16H2,1-3H3,(H,18,19). The first-order chi connectivity index (χ1) is 8.70. The summed E-state index contributed by atoms with van der Waals surface area (Å²) in [6.07, 6.45) is 0.145. The van der Waals surface area contributed by atoms with E-state index < -0.39 is 11.6 Å². The van der Waals surface area contributed by atoms with E-state index >= 15 is 0 Å². The highest BCUT2D eigenvalue weighted by Gasteiger charge is 2.14. The van der Waals surface area contributed by atoms with Gasteiger partial charge >= 0.3 is 0 Å². The second-order valence-corrected chi connectivity index (χ2v) is 5.30. The van der Waals surface area contributed by atoms with E-state index in [2.05, 4.69) is 10.6 Å². The molecule has 0 saturated carbocycles. The first-order valence-corrected chi connectivity index (χ1v) is 5.99. The molecular formula is C13H19F2N3O. The molecule has 106 valence electrons. The summed E-state index contributed by atoms with van der Waals surface area (Å²) < 4.78 is 26.5. The summed E-state index contributed by atoms with van der Waals surface area (Å²) in [7, 11) is 0. The van der Waals surface area contributed by atoms with Crippen LogP contribution in [0.1, 0.15) is 27.2 Å². The molecule has 19 heavy (non-hydrogen) atoms. The SMILES string of the molecule is CC(C)(C)NC(=O)CCNc1c(N)ccc(F)c1F. The van der Waals surface area contributed by atoms with Crippen LogP contribution in [0.25, 0.3) is 0 Å². The largest absolute Gasteiger partial charge is 0.397 e. The van der Waals surface area contributed by atoms with Crippen LogP contribution in [0.3, 0.4) is 0 Å². The van der Waals surface area contributed by atoms with Gasteiger partial charge in [0.2, 0.25) is 5.91 Å². The van der Waals surface area contributed by atoms with Crippen LogP contribution in [0.5, 0.6) is 0 Å². The molecule has 1 aromatic rings. The smallest absolute Gasteiger partial charge is 0.222 e. The molecule has 0 unspecified atom stereocenters. The predicted octanol–water partition coefficient (Wildman–Crippen LogP) is 2.26. The molecule has 0 bridgehead atoms. The number of anilines is 2. The molecule has 0 saturated heterocycles. The third kappa shape index (κ3) is 4.73. The Bertz CT molecular complexity index is 470. The fourth-order valence-corrected chi connectivity index (χ4v) is 1.53. The van der Waals surface area contributed by atoms with Gasteiger partial charge in [-0.05, 0) is 32.9 Å². The van der Waals surface area contributed by atoms with Crippen LogP contribution in [0.4, 0.5) is 20.2 Å². The molecule has 1 rings (SSSR count). The average Bonchev–Trinajstić information content (AvgIpc) is 2.26. The van der Waals surface area contributed by atoms with Crippen LogP contribution in [0, 0.1) is 11.6 Å². The lowest BCUT2D eigenvalue weighted by Crippen LogP contribution is -2.41. The van der Waals surface area contributed by atoms with Crippen LogP contribution < -0.4 is 16.4 Å². The van der Waals surface area contributed by atoms with E-state index in [0.29, 0.717) is 0 Å². The molecule has 6 heteroatoms. The maximum Gasteiger partial charge on any atom is 0.222 e. The Morgan fingerprint density at radius 1 is 1.32 bits per heavy atom. The van der Waals surface area contributed by atoms with Gasteiger partial charge in [-0.25, -0.2) is 8.78 Å². The summed E-state index contributed by atoms with van der Waals surface area (Å²) in [5.74, 6) is -2.18. The zero-order valence-corrected chi connectivity index (χ0v) is 11.3. The molecule has 4 nitrogen and oxygen atoms in total. The lowest BCUT2D eigenvalue weighted by Gasteiger charge is -2.20. The quantitative estimate of drug-likeness (QED) is 0.736. The number of hydrogen-bond acceptors (Lipinski definition) is 3. The maximum absolute atomic E-state index is 13.4. The first kappa shape index (κ1) is 15.2. The normalized spacial score (nSPS) is 11.2. The lowest BCUT2D eigenvalue weighted by molar-refractivity contribution is -0.122. The number of amides is 1. The van der Waals surface area contributed by atoms with Gasteiger partial charge in [0, 0.05) is 18.5 Å². The number of benzene rings is 1. The van der Waals surface area contributed by atoms with Crippen molar-refractivity contribution in [2.45, 2.75) is 32.7 Å². The van der Waals surface area contributed by atoms with Gasteiger partial charge < -0.3 is 16.4 Å². The van der Waals surface area contributed by atoms with Crippen molar-refractivity contribution in [2.24, 2.45) is 0 Å². The van der Waals surface area contributed by atoms with Gasteiger partial charge in [-0.2, -0.15) is 0 Å². The molecular weight excluding hydrogens is 252 g/mol. The molecule has 1 aromatic carbocycles. The zero-order valence-electron chi connectivity index (χ0n) is 11.3. The van der Waals surface area contributed by atoms with Crippen molar-refractivity contribution in [3.8, 4) is 0 Å². The van der Waals surface area contributed by atoms with E-state index in [1.54, 1.807) is 0 Å². The van der Waals surface area contributed by atoms with E-state index in [1.807, 2.05) is 20.8 Å². The van der Waals surface area contributed by atoms with Gasteiger partial charge in [0.1, 0.15) is 0 Å². The van der Waals surface area contributed by atoms with Crippen LogP contribution in [-0.2, 0) is 4.79 Å². The Hall–Kier alpha value is -1.85. The summed E-state index contributed by atoms with van der Waals surface area (Å²) >= 11 is 0. The number of carbonyl (C=O) groups is 1. The highest BCUT2D eigenvalue weighted by atomic mass is 19.2. The molecule has 0 spiro atoms. The highest BCUT2D eigenvalue weighted by molar-refractivity contribution is 5.77. The zero-order chi connectivity index (χ0) is 14.6. The molecule has 0 aliphatic heterocycles. The van der Waals surface area contributed by atoms with Gasteiger partial charge in [0.05, 0.1) is 11.4 Å². The first-order valence-electron chi connectivity index (χ1n) is 5.99. The van der Waals surface area contributed by atoms with Gasteiger partial charge in [-0.15, -0.1) is 0 Å². The summed E-state index contributed by atoms with van der Waals surface area (Å²) in [6, 6.07) is 2.23. The van der Waals surface area contributed by atoms with Crippen LogP contribution >= 0.6 is 0 Å². The average molecular weight is 271 g/mol. The third-order valence-corrected chi connectivity index (χ3v) is 2.30. The molecule has 1 amide bonds. The van der Waals surface area contributed by atoms with Gasteiger partial charge in [0.25, 0.3) is 0 Å². The predicted molar refractivity (Wildman–Crippen MR) is 71.8 cm³/mol. The Kier molecular flexibility index (Phi) is 4.69. The van der Waals surface area contributed by atoms with E-state index in [-0.39, 0.29) is 35.8 Å². The fraction of sp³-hybridized carbons (Fsp3) is 0.462. The second kappa shape index (κ2) is 5.86. The molecule has 0 radical (unpaired) electrons. The molecule has 4 N–H and O–H groups in total. The maximum atomic E-state index is 13.4. The van der Waals surface area contributed by atoms with E-state index in [4.69, 9.17) is 5.73 Å². The van der Waals surface area contributed by atoms with E-state index in [9.17, 15) is 13.6 Å². The summed E-state index contributed by atoms with van der Waals surface area (Å²) in [6.45, 7) is 5.76. The molecule has 0 atom stereocenters. The van der Waals surface area contributed by atoms with Crippen molar-refractivity contribution in [1.29, 1.82) is 0 Å². The minimum Gasteiger partial charge on any atom is -0.397 e. The second-order valence-electron chi connectivity index (χ2n) is 5.30. The van der Waals surface area contributed by atoms with E-state index in [0.717, 1.165) is 6.07 Å². The molecule has 0 aliphatic rings. The van der Waals surface area contributed by atoms with Gasteiger partial charge in [-0.3, -0.25) is 4.79 Å². The Morgan fingerprint density at radius 2 is 1.95 bits per heavy atom. The van der Waals surface area contributed by atoms with Crippen molar-refractivity contribution >= 4 is 17.3 Å². The van der Waals surface area contributed by atoms with Crippen molar-refractivity contribution in [1.82, 2.24) is 5.32 Å². The van der Waals surface area contributed by atoms with Crippen molar-refractivity contribution in [2.75, 3.05) is 17.6 Å². The monoisotopic (exact) mass is 271 g/mol. The number of nitrogens with one attached hydrogen (secondary N) is 2. The van der Waals surface area contributed by atoms with Gasteiger partial charge in [-0.1, -0.05) is 0 Å². The number of carbonyl (C=O) groups excluding carboxylic acids is 1. The van der Waals surface area contributed by atoms with E-state index in [1.165, 1.54) is 6.07 Å². The summed E-state index contributed by atoms with van der Waals surface area (Å²) in [5, 5.41) is 5.41. The lowest BCUT2D eigenvalue weighted by atomic mass is 10.1. The Balaban J connectivity index is 2.55. The topological polar surface area (TPSA) is 67.2 Å². The minimum atomic E-state index is -1.03. The van der Waals surface area contributed by atoms with Crippen molar-refractivity contribution < 1.29 is 13.6 Å². The number of rotatable bonds is 4. The molecule has 0 fully saturated rings. The Morgan fingerprint density at radius 3 is 2.53 bits per heavy atom. The molecule has 0 aliphatic carbocycles. The fourth-order valence-electron chi connectivity index (χ4n) is 1.53. The Labute approximate surface area is 111 Å². The van der Waals surface area contributed by atoms with Crippen molar-refractivity contribution in [3.63, 3.8) is 0 Å². The van der Waals surface area contributed by atoms with Crippen LogP contribution in [0.15, 0.2) is 12.1 Å². The number of nitrogens with two attached hydrogens (primary N) is 1. The molecule has 0 heterocycles. The van der Waals surface area contributed by atoms with Gasteiger partial charge in [0.15, 0.2) is 11.6 Å². The number of nitrogen functional groups attached to an aromatic ring is 1. The summed E-state index contributed by atoms with van der Waals surface area (Å²) in [5.41, 5.74) is 5.22. The van der Waals surface area contributed by atoms with Crippen LogP contribution in [-0.4, -0.2) is 18.0 Å². The van der Waals surface area contributed by atoms with Crippen LogP contribution in [0.2, 0.25) is 0 Å². The van der Waals surface area contributed by atoms with Crippen molar-refractivity contribution in [3.05, 3.63) is 23.8 Å². The molecule has 0 aromatic heterocycles. The summed E-state index contributed by atoms with van der Waals surface area (Å²) in [4.78, 5) is 11.5. The number of hydrogen-bond donors (Lipinski definition) is 3. The minimum absolute atomic E-state index is 0.107. The third-order valence-electron chi connectivity index (χ3n) is 2.30.